The van der Waals surface area contributed by atoms with Gasteiger partial charge in [0.05, 0.1) is 0 Å². The van der Waals surface area contributed by atoms with E-state index in [4.69, 9.17) is 0 Å². The van der Waals surface area contributed by atoms with Crippen molar-refractivity contribution in [2.75, 3.05) is 11.4 Å². The van der Waals surface area contributed by atoms with Crippen molar-refractivity contribution in [3.8, 4) is 0 Å². The van der Waals surface area contributed by atoms with E-state index in [1.54, 1.807) is 18.2 Å². The molecule has 146 valence electrons. The second-order valence-corrected chi connectivity index (χ2v) is 7.82. The van der Waals surface area contributed by atoms with Gasteiger partial charge in [-0.15, -0.1) is 0 Å². The molecule has 2 amide bonds. The Morgan fingerprint density at radius 3 is 2.57 bits per heavy atom. The molecule has 1 aromatic carbocycles. The average Bonchev–Trinajstić information content (AvgIpc) is 3.08. The van der Waals surface area contributed by atoms with E-state index in [9.17, 15) is 9.59 Å². The molecule has 4 rings (SSSR count). The number of benzene rings is 1. The zero-order chi connectivity index (χ0) is 19.7. The number of likely N-dealkylation sites (tertiary alicyclic amines) is 1. The molecule has 5 heteroatoms. The van der Waals surface area contributed by atoms with Crippen LogP contribution in [-0.4, -0.2) is 40.3 Å². The summed E-state index contributed by atoms with van der Waals surface area (Å²) in [5.41, 5.74) is 2.82. The van der Waals surface area contributed by atoms with E-state index < -0.39 is 0 Å². The largest absolute Gasteiger partial charge is 0.334 e. The zero-order valence-electron chi connectivity index (χ0n) is 16.6. The molecule has 2 aromatic rings. The minimum absolute atomic E-state index is 0.0592. The molecule has 0 bridgehead atoms. The standard InChI is InChI=1S/C23H27N3O2/c1-3-18-10-6-7-14-25(18)22(27)19-11-8-12-20(24-19)23(28)26-16(2)15-17-9-4-5-13-21(17)26/h4-5,8-9,11-13,16,18H,3,6-7,10,14-15H2,1-2H3. The molecule has 1 fully saturated rings. The summed E-state index contributed by atoms with van der Waals surface area (Å²) in [7, 11) is 0. The molecule has 0 aliphatic carbocycles. The van der Waals surface area contributed by atoms with Crippen molar-refractivity contribution in [1.82, 2.24) is 9.88 Å². The Kier molecular flexibility index (Phi) is 5.16. The van der Waals surface area contributed by atoms with Crippen molar-refractivity contribution in [3.05, 3.63) is 59.4 Å². The first-order valence-corrected chi connectivity index (χ1v) is 10.3. The van der Waals surface area contributed by atoms with Crippen molar-refractivity contribution in [1.29, 1.82) is 0 Å². The highest BCUT2D eigenvalue weighted by molar-refractivity contribution is 6.07. The molecule has 2 unspecified atom stereocenters. The van der Waals surface area contributed by atoms with Gasteiger partial charge in [0, 0.05) is 24.3 Å². The summed E-state index contributed by atoms with van der Waals surface area (Å²) in [4.78, 5) is 34.5. The first-order valence-electron chi connectivity index (χ1n) is 10.3. The molecule has 2 atom stereocenters. The van der Waals surface area contributed by atoms with Crippen molar-refractivity contribution >= 4 is 17.5 Å². The van der Waals surface area contributed by atoms with Gasteiger partial charge in [-0.05, 0) is 62.8 Å². The van der Waals surface area contributed by atoms with Gasteiger partial charge in [-0.1, -0.05) is 31.2 Å². The smallest absolute Gasteiger partial charge is 0.277 e. The number of carbonyl (C=O) groups excluding carboxylic acids is 2. The van der Waals surface area contributed by atoms with Crippen LogP contribution in [0.3, 0.4) is 0 Å². The molecule has 28 heavy (non-hydrogen) atoms. The van der Waals surface area contributed by atoms with Crippen LogP contribution in [0.2, 0.25) is 0 Å². The summed E-state index contributed by atoms with van der Waals surface area (Å²) in [5.74, 6) is -0.200. The Bertz CT molecular complexity index is 895. The number of fused-ring (bicyclic) bond motifs is 1. The van der Waals surface area contributed by atoms with Gasteiger partial charge >= 0.3 is 0 Å². The molecule has 0 saturated carbocycles. The lowest BCUT2D eigenvalue weighted by atomic mass is 9.99. The predicted octanol–water partition coefficient (Wildman–Crippen LogP) is 4.08. The third-order valence-electron chi connectivity index (χ3n) is 5.97. The molecule has 2 aliphatic rings. The number of pyridine rings is 1. The van der Waals surface area contributed by atoms with Crippen molar-refractivity contribution < 1.29 is 9.59 Å². The van der Waals surface area contributed by atoms with Gasteiger partial charge in [-0.3, -0.25) is 9.59 Å². The number of carbonyl (C=O) groups is 2. The Hall–Kier alpha value is -2.69. The maximum atomic E-state index is 13.2. The van der Waals surface area contributed by atoms with E-state index in [0.29, 0.717) is 11.4 Å². The topological polar surface area (TPSA) is 53.5 Å². The van der Waals surface area contributed by atoms with E-state index in [0.717, 1.165) is 37.9 Å². The first kappa shape index (κ1) is 18.7. The SMILES string of the molecule is CCC1CCCCN1C(=O)c1cccc(C(=O)N2c3ccccc3CC2C)n1. The predicted molar refractivity (Wildman–Crippen MR) is 110 cm³/mol. The molecule has 5 nitrogen and oxygen atoms in total. The summed E-state index contributed by atoms with van der Waals surface area (Å²) in [6.45, 7) is 4.94. The Morgan fingerprint density at radius 2 is 1.79 bits per heavy atom. The molecule has 1 aromatic heterocycles. The summed E-state index contributed by atoms with van der Waals surface area (Å²) in [6.07, 6.45) is 5.03. The van der Waals surface area contributed by atoms with Gasteiger partial charge in [0.15, 0.2) is 0 Å². The fourth-order valence-electron chi connectivity index (χ4n) is 4.51. The lowest BCUT2D eigenvalue weighted by Crippen LogP contribution is -2.44. The Balaban J connectivity index is 1.60. The van der Waals surface area contributed by atoms with E-state index in [-0.39, 0.29) is 23.9 Å². The van der Waals surface area contributed by atoms with Gasteiger partial charge in [0.2, 0.25) is 0 Å². The van der Waals surface area contributed by atoms with Crippen molar-refractivity contribution in [2.24, 2.45) is 0 Å². The van der Waals surface area contributed by atoms with Crippen LogP contribution in [0.1, 0.15) is 66.1 Å². The van der Waals surface area contributed by atoms with Crippen LogP contribution >= 0.6 is 0 Å². The first-order chi connectivity index (χ1) is 13.6. The minimum atomic E-state index is -0.141. The maximum absolute atomic E-state index is 13.2. The number of para-hydroxylation sites is 1. The van der Waals surface area contributed by atoms with Crippen LogP contribution in [0.5, 0.6) is 0 Å². The molecular formula is C23H27N3O2. The van der Waals surface area contributed by atoms with Crippen LogP contribution in [-0.2, 0) is 6.42 Å². The van der Waals surface area contributed by atoms with Crippen LogP contribution in [0.15, 0.2) is 42.5 Å². The van der Waals surface area contributed by atoms with Gasteiger partial charge in [-0.25, -0.2) is 4.98 Å². The highest BCUT2D eigenvalue weighted by atomic mass is 16.2. The second-order valence-electron chi connectivity index (χ2n) is 7.82. The van der Waals surface area contributed by atoms with Crippen molar-refractivity contribution in [3.63, 3.8) is 0 Å². The molecule has 0 spiro atoms. The van der Waals surface area contributed by atoms with E-state index in [2.05, 4.69) is 18.0 Å². The van der Waals surface area contributed by atoms with E-state index in [1.165, 1.54) is 12.0 Å². The average molecular weight is 377 g/mol. The monoisotopic (exact) mass is 377 g/mol. The zero-order valence-corrected chi connectivity index (χ0v) is 16.6. The number of rotatable bonds is 3. The summed E-state index contributed by atoms with van der Waals surface area (Å²) >= 11 is 0. The second kappa shape index (κ2) is 7.74. The Morgan fingerprint density at radius 1 is 1.04 bits per heavy atom. The van der Waals surface area contributed by atoms with Crippen LogP contribution in [0, 0.1) is 0 Å². The van der Waals surface area contributed by atoms with Crippen LogP contribution in [0.4, 0.5) is 5.69 Å². The Labute approximate surface area is 166 Å². The summed E-state index contributed by atoms with van der Waals surface area (Å²) in [5, 5.41) is 0. The highest BCUT2D eigenvalue weighted by Crippen LogP contribution is 2.33. The molecular weight excluding hydrogens is 350 g/mol. The third kappa shape index (κ3) is 3.30. The highest BCUT2D eigenvalue weighted by Gasteiger charge is 2.33. The number of anilines is 1. The fraction of sp³-hybridized carbons (Fsp3) is 0.435. The van der Waals surface area contributed by atoms with Crippen LogP contribution < -0.4 is 4.90 Å². The number of hydrogen-bond acceptors (Lipinski definition) is 3. The number of hydrogen-bond donors (Lipinski definition) is 0. The number of nitrogens with zero attached hydrogens (tertiary/aromatic N) is 3. The van der Waals surface area contributed by atoms with Gasteiger partial charge in [-0.2, -0.15) is 0 Å². The number of aromatic nitrogens is 1. The molecule has 0 radical (unpaired) electrons. The lowest BCUT2D eigenvalue weighted by Gasteiger charge is -2.35. The fourth-order valence-corrected chi connectivity index (χ4v) is 4.51. The van der Waals surface area contributed by atoms with Gasteiger partial charge < -0.3 is 9.80 Å². The van der Waals surface area contributed by atoms with E-state index >= 15 is 0 Å². The van der Waals surface area contributed by atoms with Gasteiger partial charge in [0.1, 0.15) is 11.4 Å². The normalized spacial score (nSPS) is 21.5. The van der Waals surface area contributed by atoms with Crippen LogP contribution in [0.25, 0.3) is 0 Å². The summed E-state index contributed by atoms with van der Waals surface area (Å²) < 4.78 is 0. The molecule has 3 heterocycles. The molecule has 1 saturated heterocycles. The number of piperidine rings is 1. The maximum Gasteiger partial charge on any atom is 0.277 e. The quantitative estimate of drug-likeness (QED) is 0.810. The van der Waals surface area contributed by atoms with Crippen molar-refractivity contribution in [2.45, 2.75) is 58.0 Å². The van der Waals surface area contributed by atoms with Gasteiger partial charge in [0.25, 0.3) is 11.8 Å². The number of amides is 2. The molecule has 0 N–H and O–H groups in total. The van der Waals surface area contributed by atoms with E-state index in [1.807, 2.05) is 34.9 Å². The lowest BCUT2D eigenvalue weighted by molar-refractivity contribution is 0.0602. The third-order valence-corrected chi connectivity index (χ3v) is 5.97. The summed E-state index contributed by atoms with van der Waals surface area (Å²) in [6, 6.07) is 13.5. The molecule has 2 aliphatic heterocycles. The minimum Gasteiger partial charge on any atom is -0.334 e.